The molecule has 0 saturated carbocycles. The van der Waals surface area contributed by atoms with Crippen molar-refractivity contribution in [2.24, 2.45) is 0 Å². The summed E-state index contributed by atoms with van der Waals surface area (Å²) in [6.07, 6.45) is 2.52. The van der Waals surface area contributed by atoms with Crippen LogP contribution in [0.4, 0.5) is 11.6 Å². The van der Waals surface area contributed by atoms with Gasteiger partial charge in [-0.25, -0.2) is 9.97 Å². The summed E-state index contributed by atoms with van der Waals surface area (Å²) in [7, 11) is 0. The number of aromatic nitrogens is 2. The molecule has 0 bridgehead atoms. The van der Waals surface area contributed by atoms with Crippen molar-refractivity contribution in [1.29, 1.82) is 0 Å². The summed E-state index contributed by atoms with van der Waals surface area (Å²) in [5.41, 5.74) is 2.55. The van der Waals surface area contributed by atoms with Gasteiger partial charge in [0.2, 0.25) is 5.95 Å². The van der Waals surface area contributed by atoms with Gasteiger partial charge < -0.3 is 15.0 Å². The number of hydrogen-bond donors (Lipinski definition) is 1. The van der Waals surface area contributed by atoms with Crippen LogP contribution in [0.25, 0.3) is 0 Å². The number of carbonyl (C=O) groups is 1. The van der Waals surface area contributed by atoms with Crippen LogP contribution in [0.1, 0.15) is 23.0 Å². The third kappa shape index (κ3) is 3.65. The number of nitrogens with zero attached hydrogens (tertiary/aromatic N) is 3. The van der Waals surface area contributed by atoms with Gasteiger partial charge in [-0.15, -0.1) is 0 Å². The molecule has 2 aromatic rings. The predicted octanol–water partition coefficient (Wildman–Crippen LogP) is 2.25. The van der Waals surface area contributed by atoms with E-state index < -0.39 is 0 Å². The maximum Gasteiger partial charge on any atom is 0.272 e. The van der Waals surface area contributed by atoms with Gasteiger partial charge in [0.25, 0.3) is 5.91 Å². The molecule has 1 saturated heterocycles. The lowest BCUT2D eigenvalue weighted by Crippen LogP contribution is -2.41. The van der Waals surface area contributed by atoms with E-state index in [-0.39, 0.29) is 5.91 Å². The summed E-state index contributed by atoms with van der Waals surface area (Å²) < 4.78 is 5.28. The molecule has 120 valence electrons. The lowest BCUT2D eigenvalue weighted by atomic mass is 10.1. The Balaban J connectivity index is 1.78. The zero-order chi connectivity index (χ0) is 16.1. The molecule has 1 aromatic carbocycles. The zero-order valence-corrected chi connectivity index (χ0v) is 13.2. The fraction of sp³-hybridized carbons (Fsp3) is 0.353. The summed E-state index contributed by atoms with van der Waals surface area (Å²) >= 11 is 0. The summed E-state index contributed by atoms with van der Waals surface area (Å²) in [5.74, 6) is 0.354. The van der Waals surface area contributed by atoms with Gasteiger partial charge >= 0.3 is 0 Å². The molecule has 2 heterocycles. The van der Waals surface area contributed by atoms with Crippen LogP contribution in [0.5, 0.6) is 0 Å². The van der Waals surface area contributed by atoms with Gasteiger partial charge in [0.05, 0.1) is 13.2 Å². The molecule has 1 aliphatic heterocycles. The molecule has 0 unspecified atom stereocenters. The van der Waals surface area contributed by atoms with E-state index in [2.05, 4.69) is 28.3 Å². The monoisotopic (exact) mass is 312 g/mol. The average Bonchev–Trinajstić information content (AvgIpc) is 2.62. The number of nitrogens with one attached hydrogen (secondary N) is 1. The molecule has 6 nitrogen and oxygen atoms in total. The number of benzene rings is 1. The van der Waals surface area contributed by atoms with Gasteiger partial charge in [-0.3, -0.25) is 4.79 Å². The quantitative estimate of drug-likeness (QED) is 0.938. The fourth-order valence-corrected chi connectivity index (χ4v) is 2.54. The first-order valence-corrected chi connectivity index (χ1v) is 7.83. The van der Waals surface area contributed by atoms with Crippen molar-refractivity contribution in [3.8, 4) is 0 Å². The van der Waals surface area contributed by atoms with E-state index in [9.17, 15) is 4.79 Å². The molecule has 1 aromatic heterocycles. The van der Waals surface area contributed by atoms with Crippen LogP contribution in [0.3, 0.4) is 0 Å². The summed E-state index contributed by atoms with van der Waals surface area (Å²) in [6.45, 7) is 4.45. The van der Waals surface area contributed by atoms with E-state index in [0.29, 0.717) is 37.9 Å². The Morgan fingerprint density at radius 3 is 2.83 bits per heavy atom. The normalized spacial score (nSPS) is 14.6. The number of para-hydroxylation sites is 1. The molecule has 23 heavy (non-hydrogen) atoms. The molecule has 0 atom stereocenters. The maximum atomic E-state index is 12.5. The van der Waals surface area contributed by atoms with Crippen LogP contribution in [-0.2, 0) is 11.2 Å². The fourth-order valence-electron chi connectivity index (χ4n) is 2.54. The number of amides is 1. The third-order valence-electron chi connectivity index (χ3n) is 3.82. The molecule has 6 heteroatoms. The van der Waals surface area contributed by atoms with Gasteiger partial charge in [-0.2, -0.15) is 0 Å². The minimum Gasteiger partial charge on any atom is -0.378 e. The molecule has 1 amide bonds. The topological polar surface area (TPSA) is 67.4 Å². The van der Waals surface area contributed by atoms with Crippen molar-refractivity contribution in [3.63, 3.8) is 0 Å². The molecule has 0 aliphatic carbocycles. The van der Waals surface area contributed by atoms with Gasteiger partial charge in [0.1, 0.15) is 5.69 Å². The second-order valence-corrected chi connectivity index (χ2v) is 5.31. The Kier molecular flexibility index (Phi) is 4.83. The molecular weight excluding hydrogens is 292 g/mol. The highest BCUT2D eigenvalue weighted by Gasteiger charge is 2.20. The molecule has 1 N–H and O–H groups in total. The molecule has 0 radical (unpaired) electrons. The SMILES string of the molecule is CCc1ccccc1Nc1nccc(C(=O)N2CCOCC2)n1. The minimum atomic E-state index is -0.0810. The molecule has 0 spiro atoms. The Morgan fingerprint density at radius 2 is 2.04 bits per heavy atom. The number of ether oxygens (including phenoxy) is 1. The van der Waals surface area contributed by atoms with Crippen LogP contribution in [0.2, 0.25) is 0 Å². The van der Waals surface area contributed by atoms with E-state index in [1.807, 2.05) is 18.2 Å². The maximum absolute atomic E-state index is 12.5. The number of carbonyl (C=O) groups excluding carboxylic acids is 1. The van der Waals surface area contributed by atoms with E-state index in [1.165, 1.54) is 5.56 Å². The van der Waals surface area contributed by atoms with Crippen LogP contribution in [0, 0.1) is 0 Å². The van der Waals surface area contributed by atoms with Crippen molar-refractivity contribution in [1.82, 2.24) is 14.9 Å². The Morgan fingerprint density at radius 1 is 1.26 bits per heavy atom. The van der Waals surface area contributed by atoms with Crippen LogP contribution in [0.15, 0.2) is 36.5 Å². The number of anilines is 2. The number of hydrogen-bond acceptors (Lipinski definition) is 5. The van der Waals surface area contributed by atoms with Gasteiger partial charge in [0, 0.05) is 25.0 Å². The molecule has 3 rings (SSSR count). The highest BCUT2D eigenvalue weighted by atomic mass is 16.5. The first kappa shape index (κ1) is 15.4. The molecule has 1 fully saturated rings. The van der Waals surface area contributed by atoms with E-state index in [1.54, 1.807) is 17.2 Å². The first-order valence-electron chi connectivity index (χ1n) is 7.83. The highest BCUT2D eigenvalue weighted by molar-refractivity contribution is 5.92. The molecule has 1 aliphatic rings. The van der Waals surface area contributed by atoms with Gasteiger partial charge in [0.15, 0.2) is 0 Å². The minimum absolute atomic E-state index is 0.0810. The Hall–Kier alpha value is -2.47. The lowest BCUT2D eigenvalue weighted by molar-refractivity contribution is 0.0299. The highest BCUT2D eigenvalue weighted by Crippen LogP contribution is 2.19. The van der Waals surface area contributed by atoms with E-state index >= 15 is 0 Å². The van der Waals surface area contributed by atoms with Gasteiger partial charge in [-0.1, -0.05) is 25.1 Å². The lowest BCUT2D eigenvalue weighted by Gasteiger charge is -2.26. The van der Waals surface area contributed by atoms with Crippen molar-refractivity contribution in [3.05, 3.63) is 47.8 Å². The predicted molar refractivity (Wildman–Crippen MR) is 87.9 cm³/mol. The first-order chi connectivity index (χ1) is 11.3. The summed E-state index contributed by atoms with van der Waals surface area (Å²) in [5, 5.41) is 3.20. The van der Waals surface area contributed by atoms with E-state index in [4.69, 9.17) is 4.74 Å². The van der Waals surface area contributed by atoms with Crippen molar-refractivity contribution >= 4 is 17.5 Å². The van der Waals surface area contributed by atoms with Crippen LogP contribution in [-0.4, -0.2) is 47.1 Å². The number of aryl methyl sites for hydroxylation is 1. The van der Waals surface area contributed by atoms with E-state index in [0.717, 1.165) is 12.1 Å². The summed E-state index contributed by atoms with van der Waals surface area (Å²) in [6, 6.07) is 9.66. The number of rotatable bonds is 4. The van der Waals surface area contributed by atoms with Gasteiger partial charge in [-0.05, 0) is 24.1 Å². The Bertz CT molecular complexity index is 684. The van der Waals surface area contributed by atoms with Crippen molar-refractivity contribution in [2.45, 2.75) is 13.3 Å². The second kappa shape index (κ2) is 7.19. The smallest absolute Gasteiger partial charge is 0.272 e. The van der Waals surface area contributed by atoms with Crippen LogP contribution < -0.4 is 5.32 Å². The largest absolute Gasteiger partial charge is 0.378 e. The van der Waals surface area contributed by atoms with Crippen molar-refractivity contribution in [2.75, 3.05) is 31.6 Å². The van der Waals surface area contributed by atoms with Crippen LogP contribution >= 0.6 is 0 Å². The van der Waals surface area contributed by atoms with Crippen molar-refractivity contribution < 1.29 is 9.53 Å². The zero-order valence-electron chi connectivity index (χ0n) is 13.2. The second-order valence-electron chi connectivity index (χ2n) is 5.31. The standard InChI is InChI=1S/C17H20N4O2/c1-2-13-5-3-4-6-14(13)19-17-18-8-7-15(20-17)16(22)21-9-11-23-12-10-21/h3-8H,2,9-12H2,1H3,(H,18,19,20). The average molecular weight is 312 g/mol. The third-order valence-corrected chi connectivity index (χ3v) is 3.82. The number of morpholine rings is 1. The molecular formula is C17H20N4O2. The Labute approximate surface area is 135 Å². The summed E-state index contributed by atoms with van der Waals surface area (Å²) in [4.78, 5) is 22.8.